The van der Waals surface area contributed by atoms with E-state index in [9.17, 15) is 14.0 Å². The number of rotatable bonds is 5. The van der Waals surface area contributed by atoms with E-state index in [4.69, 9.17) is 4.74 Å². The molecule has 6 nitrogen and oxygen atoms in total. The second kappa shape index (κ2) is 6.57. The molecule has 0 saturated carbocycles. The molecule has 1 heterocycles. The van der Waals surface area contributed by atoms with Crippen LogP contribution in [0.1, 0.15) is 27.6 Å². The van der Waals surface area contributed by atoms with Crippen molar-refractivity contribution in [1.82, 2.24) is 15.0 Å². The zero-order chi connectivity index (χ0) is 17.1. The van der Waals surface area contributed by atoms with Crippen LogP contribution in [-0.4, -0.2) is 33.4 Å². The fourth-order valence-corrected chi connectivity index (χ4v) is 2.27. The van der Waals surface area contributed by atoms with Gasteiger partial charge in [0, 0.05) is 12.1 Å². The SMILES string of the molecule is CCn1nnc2cc(C(=O)OCC(=O)c3ccc(F)cc3)ccc21. The number of Topliss-reactive ketones (excluding diaryl/α,β-unsaturated/α-hetero) is 1. The molecule has 0 aliphatic carbocycles. The lowest BCUT2D eigenvalue weighted by molar-refractivity contribution is 0.0475. The minimum Gasteiger partial charge on any atom is -0.454 e. The molecule has 0 spiro atoms. The van der Waals surface area contributed by atoms with Crippen LogP contribution in [0, 0.1) is 5.82 Å². The maximum Gasteiger partial charge on any atom is 0.338 e. The Morgan fingerprint density at radius 2 is 1.83 bits per heavy atom. The number of ketones is 1. The Morgan fingerprint density at radius 1 is 1.12 bits per heavy atom. The molecule has 0 aliphatic rings. The van der Waals surface area contributed by atoms with E-state index in [0.717, 1.165) is 5.52 Å². The first-order chi connectivity index (χ1) is 11.6. The van der Waals surface area contributed by atoms with E-state index in [1.165, 1.54) is 24.3 Å². The van der Waals surface area contributed by atoms with Crippen LogP contribution < -0.4 is 0 Å². The van der Waals surface area contributed by atoms with Gasteiger partial charge in [-0.25, -0.2) is 13.9 Å². The van der Waals surface area contributed by atoms with E-state index >= 15 is 0 Å². The molecule has 0 N–H and O–H groups in total. The number of esters is 1. The molecule has 0 amide bonds. The molecule has 0 fully saturated rings. The number of halogens is 1. The summed E-state index contributed by atoms with van der Waals surface area (Å²) in [6.45, 7) is 2.20. The average molecular weight is 327 g/mol. The third-order valence-corrected chi connectivity index (χ3v) is 3.55. The number of aryl methyl sites for hydroxylation is 1. The Hall–Kier alpha value is -3.09. The smallest absolute Gasteiger partial charge is 0.338 e. The van der Waals surface area contributed by atoms with Crippen molar-refractivity contribution in [2.75, 3.05) is 6.61 Å². The molecule has 3 rings (SSSR count). The molecule has 0 radical (unpaired) electrons. The highest BCUT2D eigenvalue weighted by Gasteiger charge is 2.14. The van der Waals surface area contributed by atoms with Gasteiger partial charge < -0.3 is 4.74 Å². The quantitative estimate of drug-likeness (QED) is 0.532. The molecule has 3 aromatic rings. The zero-order valence-electron chi connectivity index (χ0n) is 12.9. The van der Waals surface area contributed by atoms with Gasteiger partial charge in [-0.05, 0) is 49.4 Å². The number of hydrogen-bond acceptors (Lipinski definition) is 5. The first-order valence-corrected chi connectivity index (χ1v) is 7.37. The predicted octanol–water partition coefficient (Wildman–Crippen LogP) is 2.63. The summed E-state index contributed by atoms with van der Waals surface area (Å²) in [7, 11) is 0. The van der Waals surface area contributed by atoms with Crippen molar-refractivity contribution < 1.29 is 18.7 Å². The molecule has 2 aromatic carbocycles. The van der Waals surface area contributed by atoms with Crippen LogP contribution in [0.3, 0.4) is 0 Å². The fraction of sp³-hybridized carbons (Fsp3) is 0.176. The minimum atomic E-state index is -0.626. The Labute approximate surface area is 136 Å². The maximum absolute atomic E-state index is 12.8. The minimum absolute atomic E-state index is 0.283. The highest BCUT2D eigenvalue weighted by Crippen LogP contribution is 2.14. The molecular formula is C17H14FN3O3. The number of fused-ring (bicyclic) bond motifs is 1. The van der Waals surface area contributed by atoms with Crippen LogP contribution in [0.2, 0.25) is 0 Å². The van der Waals surface area contributed by atoms with E-state index in [-0.39, 0.29) is 11.1 Å². The molecule has 122 valence electrons. The molecular weight excluding hydrogens is 313 g/mol. The fourth-order valence-electron chi connectivity index (χ4n) is 2.27. The average Bonchev–Trinajstić information content (AvgIpc) is 3.02. The second-order valence-corrected chi connectivity index (χ2v) is 5.11. The number of hydrogen-bond donors (Lipinski definition) is 0. The normalized spacial score (nSPS) is 10.8. The summed E-state index contributed by atoms with van der Waals surface area (Å²) in [5.74, 6) is -1.46. The van der Waals surface area contributed by atoms with E-state index in [0.29, 0.717) is 12.1 Å². The number of ether oxygens (including phenoxy) is 1. The summed E-state index contributed by atoms with van der Waals surface area (Å²) in [5, 5.41) is 7.95. The number of carbonyl (C=O) groups excluding carboxylic acids is 2. The topological polar surface area (TPSA) is 74.1 Å². The van der Waals surface area contributed by atoms with Gasteiger partial charge in [0.25, 0.3) is 0 Å². The molecule has 0 unspecified atom stereocenters. The highest BCUT2D eigenvalue weighted by molar-refractivity contribution is 6.00. The molecule has 0 atom stereocenters. The van der Waals surface area contributed by atoms with Crippen LogP contribution >= 0.6 is 0 Å². The number of aromatic nitrogens is 3. The van der Waals surface area contributed by atoms with Crippen molar-refractivity contribution in [2.45, 2.75) is 13.5 Å². The van der Waals surface area contributed by atoms with Gasteiger partial charge in [-0.1, -0.05) is 5.21 Å². The van der Waals surface area contributed by atoms with Gasteiger partial charge in [-0.2, -0.15) is 0 Å². The summed E-state index contributed by atoms with van der Waals surface area (Å²) < 4.78 is 19.6. The first-order valence-electron chi connectivity index (χ1n) is 7.37. The molecule has 0 aliphatic heterocycles. The lowest BCUT2D eigenvalue weighted by Gasteiger charge is -2.05. The summed E-state index contributed by atoms with van der Waals surface area (Å²) in [5.41, 5.74) is 1.97. The molecule has 1 aromatic heterocycles. The van der Waals surface area contributed by atoms with Gasteiger partial charge >= 0.3 is 5.97 Å². The summed E-state index contributed by atoms with van der Waals surface area (Å²) in [6.07, 6.45) is 0. The largest absolute Gasteiger partial charge is 0.454 e. The first kappa shape index (κ1) is 15.8. The Bertz CT molecular complexity index is 903. The Balaban J connectivity index is 1.68. The van der Waals surface area contributed by atoms with Crippen molar-refractivity contribution in [1.29, 1.82) is 0 Å². The third-order valence-electron chi connectivity index (χ3n) is 3.55. The molecule has 24 heavy (non-hydrogen) atoms. The van der Waals surface area contributed by atoms with Crippen molar-refractivity contribution in [3.05, 3.63) is 59.4 Å². The molecule has 7 heteroatoms. The second-order valence-electron chi connectivity index (χ2n) is 5.11. The Morgan fingerprint density at radius 3 is 2.54 bits per heavy atom. The number of nitrogens with zero attached hydrogens (tertiary/aromatic N) is 3. The number of carbonyl (C=O) groups is 2. The van der Waals surface area contributed by atoms with Crippen molar-refractivity contribution in [2.24, 2.45) is 0 Å². The van der Waals surface area contributed by atoms with Gasteiger partial charge in [-0.15, -0.1) is 5.10 Å². The molecule has 0 bridgehead atoms. The summed E-state index contributed by atoms with van der Waals surface area (Å²) >= 11 is 0. The van der Waals surface area contributed by atoms with Gasteiger partial charge in [0.05, 0.1) is 11.1 Å². The van der Waals surface area contributed by atoms with Gasteiger partial charge in [-0.3, -0.25) is 4.79 Å². The van der Waals surface area contributed by atoms with E-state index in [1.54, 1.807) is 22.9 Å². The van der Waals surface area contributed by atoms with Gasteiger partial charge in [0.1, 0.15) is 11.3 Å². The van der Waals surface area contributed by atoms with Crippen LogP contribution in [0.25, 0.3) is 11.0 Å². The lowest BCUT2D eigenvalue weighted by atomic mass is 10.1. The monoisotopic (exact) mass is 327 g/mol. The van der Waals surface area contributed by atoms with Crippen LogP contribution in [0.5, 0.6) is 0 Å². The predicted molar refractivity (Wildman–Crippen MR) is 84.2 cm³/mol. The van der Waals surface area contributed by atoms with Crippen LogP contribution in [0.4, 0.5) is 4.39 Å². The van der Waals surface area contributed by atoms with Crippen molar-refractivity contribution in [3.8, 4) is 0 Å². The van der Waals surface area contributed by atoms with E-state index < -0.39 is 24.2 Å². The molecule has 0 saturated heterocycles. The van der Waals surface area contributed by atoms with E-state index in [1.807, 2.05) is 6.92 Å². The summed E-state index contributed by atoms with van der Waals surface area (Å²) in [4.78, 5) is 24.0. The standard InChI is InChI=1S/C17H14FN3O3/c1-2-21-15-8-5-12(9-14(15)19-20-21)17(23)24-10-16(22)11-3-6-13(18)7-4-11/h3-9H,2,10H2,1H3. The van der Waals surface area contributed by atoms with Crippen molar-refractivity contribution in [3.63, 3.8) is 0 Å². The Kier molecular flexibility index (Phi) is 4.33. The highest BCUT2D eigenvalue weighted by atomic mass is 19.1. The van der Waals surface area contributed by atoms with Gasteiger partial charge in [0.2, 0.25) is 0 Å². The zero-order valence-corrected chi connectivity index (χ0v) is 12.9. The van der Waals surface area contributed by atoms with Gasteiger partial charge in [0.15, 0.2) is 12.4 Å². The van der Waals surface area contributed by atoms with E-state index in [2.05, 4.69) is 10.3 Å². The number of benzene rings is 2. The van der Waals surface area contributed by atoms with Crippen molar-refractivity contribution >= 4 is 22.8 Å². The van der Waals surface area contributed by atoms with Crippen LogP contribution in [-0.2, 0) is 11.3 Å². The summed E-state index contributed by atoms with van der Waals surface area (Å²) in [6, 6.07) is 9.96. The third kappa shape index (κ3) is 3.15. The van der Waals surface area contributed by atoms with Crippen LogP contribution in [0.15, 0.2) is 42.5 Å². The lowest BCUT2D eigenvalue weighted by Crippen LogP contribution is -2.14. The maximum atomic E-state index is 12.8.